The second-order valence-corrected chi connectivity index (χ2v) is 2.08. The fourth-order valence-electron chi connectivity index (χ4n) is 0. The first-order chi connectivity index (χ1) is 2.56. The summed E-state index contributed by atoms with van der Waals surface area (Å²) in [5.41, 5.74) is 0. The summed E-state index contributed by atoms with van der Waals surface area (Å²) in [7, 11) is -3.36. The number of thiocyanates is 1. The van der Waals surface area contributed by atoms with Crippen LogP contribution in [0.1, 0.15) is 0 Å². The molecule has 3 N–H and O–H groups in total. The Labute approximate surface area is 35.7 Å². The van der Waals surface area contributed by atoms with Crippen molar-refractivity contribution < 1.29 is 4.21 Å². The summed E-state index contributed by atoms with van der Waals surface area (Å²) in [4.78, 5) is 0. The minimum atomic E-state index is -3.36. The molecule has 0 aromatic rings. The first-order valence-electron chi connectivity index (χ1n) is 1.03. The van der Waals surface area contributed by atoms with Crippen LogP contribution in [-0.2, 0) is 9.92 Å². The molecule has 0 aromatic heterocycles. The summed E-state index contributed by atoms with van der Waals surface area (Å²) in [6.45, 7) is 0. The molecular weight excluding hydrogens is 102 g/mol. The molecule has 0 rings (SSSR count). The average molecular weight is 105 g/mol. The number of nitrogens with one attached hydrogen (secondary N) is 1. The Balaban J connectivity index is 4.41. The smallest absolute Gasteiger partial charge is 0.197 e. The van der Waals surface area contributed by atoms with Gasteiger partial charge < -0.3 is 0 Å². The number of nitrogens with zero attached hydrogens (tertiary/aromatic N) is 1. The predicted octanol–water partition coefficient (Wildman–Crippen LogP) is -0.612. The molecule has 34 valence electrons. The molecule has 6 heavy (non-hydrogen) atoms. The van der Waals surface area contributed by atoms with E-state index in [0.717, 1.165) is 5.40 Å². The van der Waals surface area contributed by atoms with Crippen molar-refractivity contribution in [2.75, 3.05) is 0 Å². The molecule has 0 bridgehead atoms. The highest BCUT2D eigenvalue weighted by atomic mass is 32.2. The summed E-state index contributed by atoms with van der Waals surface area (Å²) >= 11 is 0. The van der Waals surface area contributed by atoms with E-state index in [9.17, 15) is 4.21 Å². The molecule has 0 aromatic carbocycles. The molecular formula is CH3N3OS. The highest BCUT2D eigenvalue weighted by Gasteiger charge is 1.84. The van der Waals surface area contributed by atoms with Gasteiger partial charge in [0.2, 0.25) is 0 Å². The van der Waals surface area contributed by atoms with E-state index in [4.69, 9.17) is 10.0 Å². The maximum atomic E-state index is 9.64. The van der Waals surface area contributed by atoms with Crippen molar-refractivity contribution in [3.8, 4) is 5.40 Å². The topological polar surface area (TPSA) is 90.7 Å². The fraction of sp³-hybridized carbons (Fsp3) is 0. The van der Waals surface area contributed by atoms with Crippen LogP contribution in [0.3, 0.4) is 0 Å². The van der Waals surface area contributed by atoms with Crippen LogP contribution in [0.4, 0.5) is 0 Å². The predicted molar refractivity (Wildman–Crippen MR) is 20.7 cm³/mol. The van der Waals surface area contributed by atoms with E-state index in [2.05, 4.69) is 5.14 Å². The highest BCUT2D eigenvalue weighted by molar-refractivity contribution is 7.94. The van der Waals surface area contributed by atoms with Gasteiger partial charge in [0.25, 0.3) is 0 Å². The summed E-state index contributed by atoms with van der Waals surface area (Å²) in [6, 6.07) is 0. The maximum Gasteiger partial charge on any atom is 0.197 e. The number of hydrogen-bond donors (Lipinski definition) is 2. The molecule has 1 unspecified atom stereocenters. The van der Waals surface area contributed by atoms with Crippen LogP contribution in [0.15, 0.2) is 0 Å². The standard InChI is InChI=1S/CH3N3OS/c2-1-6(3,4)5/h(H3,3,4,5). The zero-order chi connectivity index (χ0) is 5.21. The van der Waals surface area contributed by atoms with Crippen molar-refractivity contribution in [1.29, 1.82) is 10.0 Å². The second-order valence-electron chi connectivity index (χ2n) is 0.692. The average Bonchev–Trinajstić information content (AvgIpc) is 1.35. The Morgan fingerprint density at radius 3 is 2.17 bits per heavy atom. The van der Waals surface area contributed by atoms with Crippen molar-refractivity contribution >= 4 is 9.92 Å². The molecule has 0 radical (unpaired) electrons. The summed E-state index contributed by atoms with van der Waals surface area (Å²) in [5, 5.41) is 13.0. The molecule has 0 heterocycles. The molecule has 0 fully saturated rings. The summed E-state index contributed by atoms with van der Waals surface area (Å²) < 4.78 is 15.8. The monoisotopic (exact) mass is 105 g/mol. The van der Waals surface area contributed by atoms with Gasteiger partial charge in [0.05, 0.1) is 0 Å². The van der Waals surface area contributed by atoms with Crippen molar-refractivity contribution in [2.24, 2.45) is 5.14 Å². The Morgan fingerprint density at radius 1 is 2.00 bits per heavy atom. The molecule has 0 aliphatic heterocycles. The highest BCUT2D eigenvalue weighted by Crippen LogP contribution is 1.64. The van der Waals surface area contributed by atoms with Gasteiger partial charge >= 0.3 is 0 Å². The molecule has 5 heteroatoms. The van der Waals surface area contributed by atoms with E-state index >= 15 is 0 Å². The van der Waals surface area contributed by atoms with Gasteiger partial charge in [0, 0.05) is 0 Å². The molecule has 0 spiro atoms. The Kier molecular flexibility index (Phi) is 1.12. The largest absolute Gasteiger partial charge is 0.233 e. The van der Waals surface area contributed by atoms with Crippen LogP contribution in [0.25, 0.3) is 0 Å². The Morgan fingerprint density at radius 2 is 2.17 bits per heavy atom. The SMILES string of the molecule is N#CS(=N)(N)=O. The van der Waals surface area contributed by atoms with E-state index in [0.29, 0.717) is 0 Å². The molecule has 0 saturated heterocycles. The first-order valence-corrected chi connectivity index (χ1v) is 2.66. The van der Waals surface area contributed by atoms with Crippen LogP contribution in [0, 0.1) is 15.4 Å². The Bertz CT molecular complexity index is 160. The van der Waals surface area contributed by atoms with Crippen molar-refractivity contribution in [3.05, 3.63) is 0 Å². The van der Waals surface area contributed by atoms with Crippen LogP contribution in [0.5, 0.6) is 0 Å². The van der Waals surface area contributed by atoms with Crippen molar-refractivity contribution in [3.63, 3.8) is 0 Å². The molecule has 0 amide bonds. The first kappa shape index (κ1) is 5.40. The number of rotatable bonds is 0. The molecule has 0 aliphatic rings. The van der Waals surface area contributed by atoms with Gasteiger partial charge in [-0.3, -0.25) is 0 Å². The lowest BCUT2D eigenvalue weighted by Gasteiger charge is -1.72. The van der Waals surface area contributed by atoms with Crippen LogP contribution >= 0.6 is 0 Å². The van der Waals surface area contributed by atoms with Gasteiger partial charge in [-0.05, 0) is 0 Å². The minimum absolute atomic E-state index is 1.08. The number of nitrogens with two attached hydrogens (primary N) is 1. The number of nitriles is 1. The third-order valence-electron chi connectivity index (χ3n) is 0.136. The van der Waals surface area contributed by atoms with Gasteiger partial charge in [-0.15, -0.1) is 0 Å². The van der Waals surface area contributed by atoms with Gasteiger partial charge in [0.15, 0.2) is 15.3 Å². The maximum absolute atomic E-state index is 9.64. The third kappa shape index (κ3) is 3.40. The van der Waals surface area contributed by atoms with E-state index in [1.165, 1.54) is 0 Å². The van der Waals surface area contributed by atoms with Crippen LogP contribution in [0.2, 0.25) is 0 Å². The van der Waals surface area contributed by atoms with E-state index in [1.807, 2.05) is 0 Å². The normalized spacial score (nSPS) is 18.0. The third-order valence-corrected chi connectivity index (χ3v) is 0.407. The molecule has 0 aliphatic carbocycles. The quantitative estimate of drug-likeness (QED) is 0.402. The minimum Gasteiger partial charge on any atom is -0.233 e. The zero-order valence-electron chi connectivity index (χ0n) is 2.84. The van der Waals surface area contributed by atoms with E-state index < -0.39 is 9.92 Å². The van der Waals surface area contributed by atoms with Crippen molar-refractivity contribution in [2.45, 2.75) is 0 Å². The van der Waals surface area contributed by atoms with Gasteiger partial charge in [0.1, 0.15) is 0 Å². The lowest BCUT2D eigenvalue weighted by Crippen LogP contribution is -2.04. The molecule has 0 saturated carbocycles. The second kappa shape index (κ2) is 1.24. The van der Waals surface area contributed by atoms with Crippen molar-refractivity contribution in [1.82, 2.24) is 0 Å². The van der Waals surface area contributed by atoms with E-state index in [-0.39, 0.29) is 0 Å². The zero-order valence-corrected chi connectivity index (χ0v) is 3.66. The Hall–Kier alpha value is -0.600. The fourth-order valence-corrected chi connectivity index (χ4v) is 0. The summed E-state index contributed by atoms with van der Waals surface area (Å²) in [6.07, 6.45) is 0. The van der Waals surface area contributed by atoms with E-state index in [1.54, 1.807) is 0 Å². The molecule has 1 atom stereocenters. The van der Waals surface area contributed by atoms with Gasteiger partial charge in [-0.2, -0.15) is 5.26 Å². The van der Waals surface area contributed by atoms with Gasteiger partial charge in [-0.25, -0.2) is 14.1 Å². The number of hydrogen-bond acceptors (Lipinski definition) is 3. The lowest BCUT2D eigenvalue weighted by molar-refractivity contribution is 0.682. The van der Waals surface area contributed by atoms with Crippen LogP contribution in [-0.4, -0.2) is 4.21 Å². The van der Waals surface area contributed by atoms with Gasteiger partial charge in [-0.1, -0.05) is 0 Å². The molecule has 4 nitrogen and oxygen atoms in total. The summed E-state index contributed by atoms with van der Waals surface area (Å²) in [5.74, 6) is 0. The lowest BCUT2D eigenvalue weighted by atomic mass is 11.8. The van der Waals surface area contributed by atoms with Crippen LogP contribution < -0.4 is 5.14 Å².